The van der Waals surface area contributed by atoms with Gasteiger partial charge in [0.05, 0.1) is 0 Å². The Hall–Kier alpha value is -5.46. The van der Waals surface area contributed by atoms with Gasteiger partial charge in [-0.15, -0.1) is 0 Å². The number of rotatable bonds is 4. The number of benzene rings is 8. The molecule has 1 atom stereocenters. The molecule has 1 aliphatic rings. The molecular weight excluding hydrogens is 553 g/mol. The van der Waals surface area contributed by atoms with E-state index < -0.39 is 0 Å². The molecular formula is C46H34. The monoisotopic (exact) mass is 586 g/mol. The van der Waals surface area contributed by atoms with E-state index in [1.165, 1.54) is 102 Å². The van der Waals surface area contributed by atoms with E-state index in [0.717, 1.165) is 0 Å². The maximum atomic E-state index is 2.48. The molecule has 1 unspecified atom stereocenters. The first-order chi connectivity index (χ1) is 22.8. The zero-order valence-electron chi connectivity index (χ0n) is 25.8. The van der Waals surface area contributed by atoms with Crippen molar-refractivity contribution in [2.75, 3.05) is 0 Å². The van der Waals surface area contributed by atoms with Crippen LogP contribution in [-0.4, -0.2) is 0 Å². The SMILES string of the molecule is c1ccc(-c2ccc3c(-c4c5ccccc5c(-c5cccc(C6CCCc7ccccc76)c5)c5ccccc45)cccc3c2)cc1. The van der Waals surface area contributed by atoms with Crippen LogP contribution >= 0.6 is 0 Å². The van der Waals surface area contributed by atoms with Crippen LogP contribution in [0.25, 0.3) is 65.7 Å². The van der Waals surface area contributed by atoms with Crippen molar-refractivity contribution < 1.29 is 0 Å². The molecule has 8 aromatic carbocycles. The Labute approximate surface area is 270 Å². The number of fused-ring (bicyclic) bond motifs is 4. The quantitative estimate of drug-likeness (QED) is 0.180. The van der Waals surface area contributed by atoms with Crippen LogP contribution in [-0.2, 0) is 6.42 Å². The van der Waals surface area contributed by atoms with Gasteiger partial charge in [-0.05, 0) is 108 Å². The molecule has 0 aromatic heterocycles. The topological polar surface area (TPSA) is 0 Å². The highest BCUT2D eigenvalue weighted by atomic mass is 14.3. The van der Waals surface area contributed by atoms with Gasteiger partial charge in [0.2, 0.25) is 0 Å². The van der Waals surface area contributed by atoms with Crippen molar-refractivity contribution in [2.45, 2.75) is 25.2 Å². The standard InChI is InChI=1S/C46H34/c1-2-13-31(14-3-1)33-27-28-39-34(29-33)18-12-26-40(39)46-43-23-8-6-21-41(43)45(42-22-7-9-24-44(42)46)36-19-10-17-35(30-36)38-25-11-16-32-15-4-5-20-37(32)38/h1-10,12-15,17-24,26-30,38H,11,16,25H2. The third kappa shape index (κ3) is 4.44. The Morgan fingerprint density at radius 2 is 1.07 bits per heavy atom. The van der Waals surface area contributed by atoms with Crippen molar-refractivity contribution in [3.8, 4) is 33.4 Å². The minimum absolute atomic E-state index is 0.443. The number of hydrogen-bond acceptors (Lipinski definition) is 0. The molecule has 0 bridgehead atoms. The van der Waals surface area contributed by atoms with Gasteiger partial charge in [-0.3, -0.25) is 0 Å². The Kier molecular flexibility index (Phi) is 6.53. The minimum Gasteiger partial charge on any atom is -0.0622 e. The lowest BCUT2D eigenvalue weighted by Gasteiger charge is -2.26. The van der Waals surface area contributed by atoms with Crippen LogP contribution in [0.1, 0.15) is 35.4 Å². The summed E-state index contributed by atoms with van der Waals surface area (Å²) in [5.41, 5.74) is 12.1. The molecule has 0 N–H and O–H groups in total. The van der Waals surface area contributed by atoms with E-state index in [-0.39, 0.29) is 0 Å². The van der Waals surface area contributed by atoms with Gasteiger partial charge in [0.15, 0.2) is 0 Å². The molecule has 0 amide bonds. The van der Waals surface area contributed by atoms with Crippen LogP contribution in [0.2, 0.25) is 0 Å². The molecule has 0 saturated heterocycles. The summed E-state index contributed by atoms with van der Waals surface area (Å²) in [4.78, 5) is 0. The van der Waals surface area contributed by atoms with E-state index in [1.807, 2.05) is 0 Å². The highest BCUT2D eigenvalue weighted by Gasteiger charge is 2.23. The van der Waals surface area contributed by atoms with E-state index in [4.69, 9.17) is 0 Å². The fraction of sp³-hybridized carbons (Fsp3) is 0.0870. The molecule has 0 radical (unpaired) electrons. The second kappa shape index (κ2) is 11.2. The van der Waals surface area contributed by atoms with E-state index >= 15 is 0 Å². The first-order valence-corrected chi connectivity index (χ1v) is 16.5. The third-order valence-electron chi connectivity index (χ3n) is 10.1. The molecule has 0 heterocycles. The van der Waals surface area contributed by atoms with Gasteiger partial charge in [0, 0.05) is 5.92 Å². The van der Waals surface area contributed by atoms with E-state index in [0.29, 0.717) is 5.92 Å². The summed E-state index contributed by atoms with van der Waals surface area (Å²) in [6.45, 7) is 0. The molecule has 0 heteroatoms. The summed E-state index contributed by atoms with van der Waals surface area (Å²) < 4.78 is 0. The molecule has 46 heavy (non-hydrogen) atoms. The van der Waals surface area contributed by atoms with E-state index in [2.05, 4.69) is 164 Å². The predicted octanol–water partition coefficient (Wildman–Crippen LogP) is 12.6. The maximum Gasteiger partial charge on any atom is 0.00924 e. The van der Waals surface area contributed by atoms with Crippen LogP contribution in [0.15, 0.2) is 164 Å². The smallest absolute Gasteiger partial charge is 0.00924 e. The van der Waals surface area contributed by atoms with Gasteiger partial charge >= 0.3 is 0 Å². The van der Waals surface area contributed by atoms with E-state index in [9.17, 15) is 0 Å². The molecule has 0 spiro atoms. The molecule has 0 nitrogen and oxygen atoms in total. The van der Waals surface area contributed by atoms with Gasteiger partial charge in [-0.2, -0.15) is 0 Å². The highest BCUT2D eigenvalue weighted by molar-refractivity contribution is 6.23. The van der Waals surface area contributed by atoms with Gasteiger partial charge < -0.3 is 0 Å². The van der Waals surface area contributed by atoms with Gasteiger partial charge in [0.25, 0.3) is 0 Å². The third-order valence-corrected chi connectivity index (χ3v) is 10.1. The molecule has 0 saturated carbocycles. The van der Waals surface area contributed by atoms with Crippen molar-refractivity contribution in [3.05, 3.63) is 180 Å². The zero-order chi connectivity index (χ0) is 30.5. The second-order valence-corrected chi connectivity index (χ2v) is 12.7. The Morgan fingerprint density at radius 3 is 1.85 bits per heavy atom. The highest BCUT2D eigenvalue weighted by Crippen LogP contribution is 2.46. The summed E-state index contributed by atoms with van der Waals surface area (Å²) in [5.74, 6) is 0.443. The summed E-state index contributed by atoms with van der Waals surface area (Å²) in [5, 5.41) is 7.74. The van der Waals surface area contributed by atoms with E-state index in [1.54, 1.807) is 0 Å². The van der Waals surface area contributed by atoms with Crippen molar-refractivity contribution in [3.63, 3.8) is 0 Å². The van der Waals surface area contributed by atoms with Crippen LogP contribution in [0, 0.1) is 0 Å². The number of aryl methyl sites for hydroxylation is 1. The molecule has 8 aromatic rings. The number of hydrogen-bond donors (Lipinski definition) is 0. The molecule has 9 rings (SSSR count). The van der Waals surface area contributed by atoms with Crippen molar-refractivity contribution in [1.82, 2.24) is 0 Å². The summed E-state index contributed by atoms with van der Waals surface area (Å²) in [7, 11) is 0. The van der Waals surface area contributed by atoms with Crippen LogP contribution in [0.5, 0.6) is 0 Å². The second-order valence-electron chi connectivity index (χ2n) is 12.7. The van der Waals surface area contributed by atoms with Gasteiger partial charge in [0.1, 0.15) is 0 Å². The summed E-state index contributed by atoms with van der Waals surface area (Å²) in [6, 6.07) is 60.9. The summed E-state index contributed by atoms with van der Waals surface area (Å²) >= 11 is 0. The average Bonchev–Trinajstić information content (AvgIpc) is 3.13. The lowest BCUT2D eigenvalue weighted by Crippen LogP contribution is -2.10. The Bertz CT molecular complexity index is 2340. The zero-order valence-corrected chi connectivity index (χ0v) is 25.8. The molecule has 218 valence electrons. The predicted molar refractivity (Wildman–Crippen MR) is 196 cm³/mol. The normalized spacial score (nSPS) is 14.5. The fourth-order valence-electron chi connectivity index (χ4n) is 8.05. The van der Waals surface area contributed by atoms with Crippen molar-refractivity contribution >= 4 is 32.3 Å². The molecule has 0 aliphatic heterocycles. The minimum atomic E-state index is 0.443. The lowest BCUT2D eigenvalue weighted by atomic mass is 9.78. The molecule has 0 fully saturated rings. The largest absolute Gasteiger partial charge is 0.0622 e. The first-order valence-electron chi connectivity index (χ1n) is 16.5. The summed E-state index contributed by atoms with van der Waals surface area (Å²) in [6.07, 6.45) is 3.63. The lowest BCUT2D eigenvalue weighted by molar-refractivity contribution is 0.616. The van der Waals surface area contributed by atoms with Crippen molar-refractivity contribution in [2.24, 2.45) is 0 Å². The van der Waals surface area contributed by atoms with Crippen molar-refractivity contribution in [1.29, 1.82) is 0 Å². The fourth-order valence-corrected chi connectivity index (χ4v) is 8.05. The van der Waals surface area contributed by atoms with Crippen LogP contribution in [0.3, 0.4) is 0 Å². The maximum absolute atomic E-state index is 2.48. The van der Waals surface area contributed by atoms with Gasteiger partial charge in [-0.1, -0.05) is 158 Å². The Balaban J connectivity index is 1.27. The van der Waals surface area contributed by atoms with Crippen LogP contribution in [0.4, 0.5) is 0 Å². The van der Waals surface area contributed by atoms with Gasteiger partial charge in [-0.25, -0.2) is 0 Å². The van der Waals surface area contributed by atoms with Crippen LogP contribution < -0.4 is 0 Å². The molecule has 1 aliphatic carbocycles. The average molecular weight is 587 g/mol. The first kappa shape index (κ1) is 26.9. The Morgan fingerprint density at radius 1 is 0.413 bits per heavy atom.